The van der Waals surface area contributed by atoms with Gasteiger partial charge < -0.3 is 5.73 Å². The number of halogens is 1. The van der Waals surface area contributed by atoms with E-state index in [1.54, 1.807) is 36.4 Å². The molecule has 0 radical (unpaired) electrons. The summed E-state index contributed by atoms with van der Waals surface area (Å²) in [5, 5.41) is 26.9. The SMILES string of the molecule is N#CC(C#N)=C(N)/C(C#N)=C/c1ccc(Cl)cc1. The molecule has 86 valence electrons. The van der Waals surface area contributed by atoms with Crippen LogP contribution >= 0.6 is 11.6 Å². The molecule has 1 aromatic carbocycles. The Bertz CT molecular complexity index is 618. The van der Waals surface area contributed by atoms with Crippen molar-refractivity contribution in [3.63, 3.8) is 0 Å². The molecule has 0 aliphatic carbocycles. The van der Waals surface area contributed by atoms with Crippen LogP contribution in [0.5, 0.6) is 0 Å². The van der Waals surface area contributed by atoms with Gasteiger partial charge in [-0.3, -0.25) is 0 Å². The fourth-order valence-electron chi connectivity index (χ4n) is 1.18. The molecule has 0 aliphatic heterocycles. The first-order valence-electron chi connectivity index (χ1n) is 4.80. The number of hydrogen-bond acceptors (Lipinski definition) is 4. The molecule has 0 saturated carbocycles. The topological polar surface area (TPSA) is 97.4 Å². The molecule has 0 unspecified atom stereocenters. The Morgan fingerprint density at radius 1 is 1.06 bits per heavy atom. The fraction of sp³-hybridized carbons (Fsp3) is 0. The standard InChI is InChI=1S/C13H7ClN4/c14-12-3-1-9(2-4-12)5-10(6-15)13(18)11(7-16)8-17/h1-5H,18H2/b10-5+. The molecule has 4 nitrogen and oxygen atoms in total. The molecular formula is C13H7ClN4. The minimum Gasteiger partial charge on any atom is -0.396 e. The van der Waals surface area contributed by atoms with Crippen molar-refractivity contribution in [2.45, 2.75) is 0 Å². The van der Waals surface area contributed by atoms with Crippen molar-refractivity contribution in [3.05, 3.63) is 51.7 Å². The van der Waals surface area contributed by atoms with Gasteiger partial charge in [0.15, 0.2) is 5.57 Å². The van der Waals surface area contributed by atoms with Crippen LogP contribution in [0.3, 0.4) is 0 Å². The van der Waals surface area contributed by atoms with E-state index in [0.29, 0.717) is 10.6 Å². The summed E-state index contributed by atoms with van der Waals surface area (Å²) in [6.45, 7) is 0. The van der Waals surface area contributed by atoms with Gasteiger partial charge in [0.25, 0.3) is 0 Å². The highest BCUT2D eigenvalue weighted by Crippen LogP contribution is 2.15. The number of benzene rings is 1. The van der Waals surface area contributed by atoms with Crippen LogP contribution in [0, 0.1) is 34.0 Å². The number of nitrogens with two attached hydrogens (primary N) is 1. The van der Waals surface area contributed by atoms with E-state index in [9.17, 15) is 0 Å². The summed E-state index contributed by atoms with van der Waals surface area (Å²) < 4.78 is 0. The summed E-state index contributed by atoms with van der Waals surface area (Å²) in [6, 6.07) is 11.9. The smallest absolute Gasteiger partial charge is 0.153 e. The van der Waals surface area contributed by atoms with E-state index in [1.165, 1.54) is 6.08 Å². The molecule has 18 heavy (non-hydrogen) atoms. The number of allylic oxidation sites excluding steroid dienone is 2. The molecule has 2 N–H and O–H groups in total. The van der Waals surface area contributed by atoms with Crippen molar-refractivity contribution in [1.29, 1.82) is 15.8 Å². The Labute approximate surface area is 109 Å². The van der Waals surface area contributed by atoms with Crippen LogP contribution in [-0.2, 0) is 0 Å². The second kappa shape index (κ2) is 6.11. The molecule has 0 aromatic heterocycles. The van der Waals surface area contributed by atoms with Crippen LogP contribution in [0.2, 0.25) is 5.02 Å². The van der Waals surface area contributed by atoms with E-state index in [2.05, 4.69) is 0 Å². The Morgan fingerprint density at radius 2 is 1.61 bits per heavy atom. The summed E-state index contributed by atoms with van der Waals surface area (Å²) in [6.07, 6.45) is 1.49. The van der Waals surface area contributed by atoms with Gasteiger partial charge in [-0.15, -0.1) is 0 Å². The quantitative estimate of drug-likeness (QED) is 0.647. The van der Waals surface area contributed by atoms with E-state index in [-0.39, 0.29) is 16.8 Å². The van der Waals surface area contributed by atoms with Crippen molar-refractivity contribution >= 4 is 17.7 Å². The van der Waals surface area contributed by atoms with E-state index in [0.717, 1.165) is 0 Å². The zero-order valence-corrected chi connectivity index (χ0v) is 9.94. The summed E-state index contributed by atoms with van der Waals surface area (Å²) in [5.41, 5.74) is 5.95. The summed E-state index contributed by atoms with van der Waals surface area (Å²) in [4.78, 5) is 0. The normalized spacial score (nSPS) is 9.78. The molecule has 1 rings (SSSR count). The molecule has 0 fully saturated rings. The van der Waals surface area contributed by atoms with Crippen LogP contribution < -0.4 is 5.73 Å². The lowest BCUT2D eigenvalue weighted by molar-refractivity contribution is 1.31. The molecule has 1 aromatic rings. The average Bonchev–Trinajstić information content (AvgIpc) is 2.39. The van der Waals surface area contributed by atoms with Gasteiger partial charge in [0.1, 0.15) is 18.2 Å². The van der Waals surface area contributed by atoms with Crippen LogP contribution in [0.25, 0.3) is 6.08 Å². The summed E-state index contributed by atoms with van der Waals surface area (Å²) in [5.74, 6) is 0. The second-order valence-electron chi connectivity index (χ2n) is 3.23. The van der Waals surface area contributed by atoms with Gasteiger partial charge in [-0.1, -0.05) is 23.7 Å². The molecular weight excluding hydrogens is 248 g/mol. The van der Waals surface area contributed by atoms with Gasteiger partial charge in [-0.05, 0) is 23.8 Å². The van der Waals surface area contributed by atoms with Crippen LogP contribution in [-0.4, -0.2) is 0 Å². The van der Waals surface area contributed by atoms with E-state index >= 15 is 0 Å². The molecule has 0 bridgehead atoms. The highest BCUT2D eigenvalue weighted by atomic mass is 35.5. The van der Waals surface area contributed by atoms with Gasteiger partial charge in [0.05, 0.1) is 11.3 Å². The molecule has 0 aliphatic rings. The monoisotopic (exact) mass is 254 g/mol. The third-order valence-corrected chi connectivity index (χ3v) is 2.34. The predicted molar refractivity (Wildman–Crippen MR) is 67.5 cm³/mol. The molecule has 0 spiro atoms. The van der Waals surface area contributed by atoms with Crippen molar-refractivity contribution in [3.8, 4) is 18.2 Å². The summed E-state index contributed by atoms with van der Waals surface area (Å²) >= 11 is 5.73. The largest absolute Gasteiger partial charge is 0.396 e. The second-order valence-corrected chi connectivity index (χ2v) is 3.67. The highest BCUT2D eigenvalue weighted by molar-refractivity contribution is 6.30. The van der Waals surface area contributed by atoms with E-state index in [1.807, 2.05) is 6.07 Å². The first-order chi connectivity index (χ1) is 8.62. The minimum absolute atomic E-state index is 0.0652. The van der Waals surface area contributed by atoms with Gasteiger partial charge >= 0.3 is 0 Å². The van der Waals surface area contributed by atoms with E-state index in [4.69, 9.17) is 33.1 Å². The van der Waals surface area contributed by atoms with Crippen LogP contribution in [0.15, 0.2) is 41.1 Å². The number of hydrogen-bond donors (Lipinski definition) is 1. The zero-order chi connectivity index (χ0) is 13.5. The third-order valence-electron chi connectivity index (χ3n) is 2.08. The maximum absolute atomic E-state index is 8.97. The van der Waals surface area contributed by atoms with Crippen molar-refractivity contribution < 1.29 is 0 Å². The lowest BCUT2D eigenvalue weighted by Crippen LogP contribution is -2.03. The fourth-order valence-corrected chi connectivity index (χ4v) is 1.30. The molecule has 0 atom stereocenters. The first kappa shape index (κ1) is 13.3. The van der Waals surface area contributed by atoms with Gasteiger partial charge in [-0.2, -0.15) is 15.8 Å². The maximum Gasteiger partial charge on any atom is 0.153 e. The number of nitriles is 3. The Hall–Kier alpha value is -2.74. The van der Waals surface area contributed by atoms with Gasteiger partial charge in [0.2, 0.25) is 0 Å². The minimum atomic E-state index is -0.281. The molecule has 5 heteroatoms. The van der Waals surface area contributed by atoms with E-state index < -0.39 is 0 Å². The van der Waals surface area contributed by atoms with Crippen LogP contribution in [0.4, 0.5) is 0 Å². The molecule has 0 saturated heterocycles. The predicted octanol–water partition coefficient (Wildman–Crippen LogP) is 2.51. The zero-order valence-electron chi connectivity index (χ0n) is 9.18. The highest BCUT2D eigenvalue weighted by Gasteiger charge is 2.07. The summed E-state index contributed by atoms with van der Waals surface area (Å²) in [7, 11) is 0. The maximum atomic E-state index is 8.97. The van der Waals surface area contributed by atoms with Crippen molar-refractivity contribution in [2.75, 3.05) is 0 Å². The first-order valence-corrected chi connectivity index (χ1v) is 5.18. The van der Waals surface area contributed by atoms with Crippen LogP contribution in [0.1, 0.15) is 5.56 Å². The van der Waals surface area contributed by atoms with Gasteiger partial charge in [0, 0.05) is 5.02 Å². The molecule has 0 amide bonds. The third kappa shape index (κ3) is 3.12. The lowest BCUT2D eigenvalue weighted by Gasteiger charge is -1.99. The van der Waals surface area contributed by atoms with Crippen molar-refractivity contribution in [1.82, 2.24) is 0 Å². The Morgan fingerprint density at radius 3 is 2.06 bits per heavy atom. The number of nitrogens with zero attached hydrogens (tertiary/aromatic N) is 3. The lowest BCUT2D eigenvalue weighted by atomic mass is 10.1. The number of rotatable bonds is 2. The Kier molecular flexibility index (Phi) is 4.52. The Balaban J connectivity index is 3.26. The average molecular weight is 255 g/mol. The van der Waals surface area contributed by atoms with Crippen molar-refractivity contribution in [2.24, 2.45) is 5.73 Å². The van der Waals surface area contributed by atoms with Gasteiger partial charge in [-0.25, -0.2) is 0 Å². The molecule has 0 heterocycles.